The lowest BCUT2D eigenvalue weighted by molar-refractivity contribution is -0.135. The van der Waals surface area contributed by atoms with Gasteiger partial charge in [0.2, 0.25) is 5.91 Å². The first kappa shape index (κ1) is 14.3. The standard InChI is InChI=1S/C16H24N4O/c1-10-8-11(2)20(18-10)7-6-19(3)16(21)14-12-4-5-13(9-12)15(14)17/h4-5,8,12-15H,6-7,9,17H2,1-3H3/t12-,13+,14-,15+/m0/s1. The van der Waals surface area contributed by atoms with E-state index < -0.39 is 0 Å². The molecule has 1 aromatic rings. The lowest BCUT2D eigenvalue weighted by atomic mass is 9.88. The molecule has 5 nitrogen and oxygen atoms in total. The molecule has 5 heteroatoms. The van der Waals surface area contributed by atoms with Gasteiger partial charge < -0.3 is 10.6 Å². The summed E-state index contributed by atoms with van der Waals surface area (Å²) in [5.41, 5.74) is 8.37. The highest BCUT2D eigenvalue weighted by molar-refractivity contribution is 5.80. The smallest absolute Gasteiger partial charge is 0.227 e. The van der Waals surface area contributed by atoms with Crippen LogP contribution in [0.2, 0.25) is 0 Å². The van der Waals surface area contributed by atoms with E-state index in [0.29, 0.717) is 18.4 Å². The topological polar surface area (TPSA) is 64.2 Å². The zero-order valence-electron chi connectivity index (χ0n) is 13.0. The molecule has 2 aliphatic rings. The molecule has 0 unspecified atom stereocenters. The Morgan fingerprint density at radius 1 is 1.43 bits per heavy atom. The van der Waals surface area contributed by atoms with Gasteiger partial charge in [0.1, 0.15) is 0 Å². The quantitative estimate of drug-likeness (QED) is 0.844. The average Bonchev–Trinajstić information content (AvgIpc) is 3.10. The third-order valence-corrected chi connectivity index (χ3v) is 4.93. The van der Waals surface area contributed by atoms with Gasteiger partial charge >= 0.3 is 0 Å². The summed E-state index contributed by atoms with van der Waals surface area (Å²) in [6.07, 6.45) is 5.39. The van der Waals surface area contributed by atoms with Crippen molar-refractivity contribution in [2.24, 2.45) is 23.5 Å². The Labute approximate surface area is 125 Å². The molecular weight excluding hydrogens is 264 g/mol. The van der Waals surface area contributed by atoms with Gasteiger partial charge in [-0.1, -0.05) is 12.2 Å². The highest BCUT2D eigenvalue weighted by atomic mass is 16.2. The molecule has 0 radical (unpaired) electrons. The van der Waals surface area contributed by atoms with Crippen LogP contribution in [0.4, 0.5) is 0 Å². The minimum atomic E-state index is -0.0366. The Kier molecular flexibility index (Phi) is 3.61. The second-order valence-electron chi connectivity index (χ2n) is 6.46. The van der Waals surface area contributed by atoms with E-state index in [0.717, 1.165) is 24.4 Å². The lowest BCUT2D eigenvalue weighted by Crippen LogP contribution is -2.45. The highest BCUT2D eigenvalue weighted by Crippen LogP contribution is 2.43. The van der Waals surface area contributed by atoms with Gasteiger partial charge in [0, 0.05) is 25.3 Å². The molecule has 0 aliphatic heterocycles. The maximum atomic E-state index is 12.6. The van der Waals surface area contributed by atoms with E-state index in [1.165, 1.54) is 0 Å². The molecule has 0 spiro atoms. The third-order valence-electron chi connectivity index (χ3n) is 4.93. The van der Waals surface area contributed by atoms with Crippen molar-refractivity contribution in [1.29, 1.82) is 0 Å². The minimum absolute atomic E-state index is 0.0105. The summed E-state index contributed by atoms with van der Waals surface area (Å²) in [6.45, 7) is 5.43. The predicted octanol–water partition coefficient (Wildman–Crippen LogP) is 1.11. The van der Waals surface area contributed by atoms with Crippen molar-refractivity contribution in [2.45, 2.75) is 32.9 Å². The number of amides is 1. The van der Waals surface area contributed by atoms with Crippen molar-refractivity contribution >= 4 is 5.91 Å². The fraction of sp³-hybridized carbons (Fsp3) is 0.625. The van der Waals surface area contributed by atoms with E-state index in [1.54, 1.807) is 0 Å². The summed E-state index contributed by atoms with van der Waals surface area (Å²) in [5, 5.41) is 4.43. The van der Waals surface area contributed by atoms with Crippen molar-refractivity contribution < 1.29 is 4.79 Å². The number of likely N-dealkylation sites (N-methyl/N-ethyl adjacent to an activating group) is 1. The number of carbonyl (C=O) groups is 1. The zero-order valence-corrected chi connectivity index (χ0v) is 13.0. The summed E-state index contributed by atoms with van der Waals surface area (Å²) in [5.74, 6) is 0.883. The average molecular weight is 288 g/mol. The monoisotopic (exact) mass is 288 g/mol. The van der Waals surface area contributed by atoms with Crippen LogP contribution in [-0.4, -0.2) is 40.2 Å². The van der Waals surface area contributed by atoms with Crippen LogP contribution in [0.5, 0.6) is 0 Å². The van der Waals surface area contributed by atoms with Gasteiger partial charge in [-0.25, -0.2) is 0 Å². The number of allylic oxidation sites excluding steroid dienone is 1. The van der Waals surface area contributed by atoms with Crippen LogP contribution in [0.25, 0.3) is 0 Å². The van der Waals surface area contributed by atoms with Crippen LogP contribution in [-0.2, 0) is 11.3 Å². The molecule has 114 valence electrons. The Morgan fingerprint density at radius 3 is 2.71 bits per heavy atom. The third kappa shape index (κ3) is 2.50. The van der Waals surface area contributed by atoms with Crippen molar-refractivity contribution in [3.63, 3.8) is 0 Å². The molecule has 1 heterocycles. The van der Waals surface area contributed by atoms with E-state index in [1.807, 2.05) is 30.5 Å². The number of aryl methyl sites for hydroxylation is 2. The Bertz CT molecular complexity index is 577. The number of carbonyl (C=O) groups excluding carboxylic acids is 1. The predicted molar refractivity (Wildman–Crippen MR) is 81.5 cm³/mol. The van der Waals surface area contributed by atoms with E-state index in [-0.39, 0.29) is 17.9 Å². The number of hydrogen-bond acceptors (Lipinski definition) is 3. The van der Waals surface area contributed by atoms with Gasteiger partial charge in [-0.05, 0) is 38.2 Å². The van der Waals surface area contributed by atoms with Crippen LogP contribution in [0.15, 0.2) is 18.2 Å². The molecular formula is C16H24N4O. The Balaban J connectivity index is 1.60. The maximum Gasteiger partial charge on any atom is 0.227 e. The van der Waals surface area contributed by atoms with Crippen LogP contribution >= 0.6 is 0 Å². The number of aromatic nitrogens is 2. The van der Waals surface area contributed by atoms with E-state index >= 15 is 0 Å². The second kappa shape index (κ2) is 5.30. The number of nitrogens with zero attached hydrogens (tertiary/aromatic N) is 3. The number of fused-ring (bicyclic) bond motifs is 2. The van der Waals surface area contributed by atoms with Gasteiger partial charge in [0.15, 0.2) is 0 Å². The van der Waals surface area contributed by atoms with Crippen molar-refractivity contribution in [3.8, 4) is 0 Å². The summed E-state index contributed by atoms with van der Waals surface area (Å²) in [6, 6.07) is 2.04. The van der Waals surface area contributed by atoms with Crippen molar-refractivity contribution in [3.05, 3.63) is 29.6 Å². The molecule has 3 rings (SSSR count). The van der Waals surface area contributed by atoms with E-state index in [2.05, 4.69) is 23.3 Å². The summed E-state index contributed by atoms with van der Waals surface area (Å²) in [7, 11) is 1.87. The summed E-state index contributed by atoms with van der Waals surface area (Å²) >= 11 is 0. The number of hydrogen-bond donors (Lipinski definition) is 1. The maximum absolute atomic E-state index is 12.6. The number of rotatable bonds is 4. The fourth-order valence-electron chi connectivity index (χ4n) is 3.72. The first-order valence-electron chi connectivity index (χ1n) is 7.67. The summed E-state index contributed by atoms with van der Waals surface area (Å²) < 4.78 is 1.96. The molecule has 1 saturated carbocycles. The van der Waals surface area contributed by atoms with Gasteiger partial charge in [-0.3, -0.25) is 9.48 Å². The molecule has 21 heavy (non-hydrogen) atoms. The van der Waals surface area contributed by atoms with Crippen LogP contribution < -0.4 is 5.73 Å². The van der Waals surface area contributed by atoms with Gasteiger partial charge in [-0.15, -0.1) is 0 Å². The molecule has 2 bridgehead atoms. The molecule has 0 saturated heterocycles. The van der Waals surface area contributed by atoms with E-state index in [9.17, 15) is 4.79 Å². The normalized spacial score (nSPS) is 30.1. The van der Waals surface area contributed by atoms with Crippen LogP contribution in [0.3, 0.4) is 0 Å². The minimum Gasteiger partial charge on any atom is -0.344 e. The molecule has 1 fully saturated rings. The highest BCUT2D eigenvalue weighted by Gasteiger charge is 2.46. The first-order valence-corrected chi connectivity index (χ1v) is 7.67. The zero-order chi connectivity index (χ0) is 15.1. The van der Waals surface area contributed by atoms with Gasteiger partial charge in [0.25, 0.3) is 0 Å². The number of nitrogens with two attached hydrogens (primary N) is 1. The second-order valence-corrected chi connectivity index (χ2v) is 6.46. The van der Waals surface area contributed by atoms with Gasteiger partial charge in [-0.2, -0.15) is 5.10 Å². The molecule has 1 amide bonds. The fourth-order valence-corrected chi connectivity index (χ4v) is 3.72. The summed E-state index contributed by atoms with van der Waals surface area (Å²) in [4.78, 5) is 14.5. The molecule has 2 aliphatic carbocycles. The molecule has 4 atom stereocenters. The molecule has 1 aromatic heterocycles. The largest absolute Gasteiger partial charge is 0.344 e. The Hall–Kier alpha value is -1.62. The van der Waals surface area contributed by atoms with Crippen molar-refractivity contribution in [1.82, 2.24) is 14.7 Å². The lowest BCUT2D eigenvalue weighted by Gasteiger charge is -2.28. The van der Waals surface area contributed by atoms with Crippen LogP contribution in [0.1, 0.15) is 17.8 Å². The van der Waals surface area contributed by atoms with Crippen LogP contribution in [0, 0.1) is 31.6 Å². The van der Waals surface area contributed by atoms with E-state index in [4.69, 9.17) is 5.73 Å². The first-order chi connectivity index (χ1) is 9.97. The molecule has 2 N–H and O–H groups in total. The van der Waals surface area contributed by atoms with Crippen molar-refractivity contribution in [2.75, 3.05) is 13.6 Å². The SMILES string of the molecule is Cc1cc(C)n(CCN(C)C(=O)[C@@H]2[C@H](N)[C@@H]3C=C[C@H]2C3)n1. The Morgan fingerprint density at radius 2 is 2.14 bits per heavy atom. The van der Waals surface area contributed by atoms with Gasteiger partial charge in [0.05, 0.1) is 18.2 Å². The molecule has 0 aromatic carbocycles.